The first-order valence-corrected chi connectivity index (χ1v) is 7.48. The van der Waals surface area contributed by atoms with Gasteiger partial charge in [-0.3, -0.25) is 10.1 Å². The van der Waals surface area contributed by atoms with Crippen molar-refractivity contribution in [2.75, 3.05) is 5.32 Å². The normalized spacial score (nSPS) is 11.2. The van der Waals surface area contributed by atoms with E-state index < -0.39 is 11.6 Å². The average molecular weight is 348 g/mol. The van der Waals surface area contributed by atoms with Crippen molar-refractivity contribution in [1.82, 2.24) is 30.0 Å². The standard InChI is InChI=1S/C12H6ClN7O2S/c13-5-1-2-7-8(3-5)23-10-6(4-14-12(22)20(7)10)9(21)15-11-16-18-19-17-11/h1-4H,(H2,15,16,17,18,19,21). The maximum absolute atomic E-state index is 12.4. The average Bonchev–Trinajstić information content (AvgIpc) is 3.14. The summed E-state index contributed by atoms with van der Waals surface area (Å²) in [6, 6.07) is 5.12. The van der Waals surface area contributed by atoms with E-state index >= 15 is 0 Å². The third-order valence-electron chi connectivity index (χ3n) is 3.12. The lowest BCUT2D eigenvalue weighted by Crippen LogP contribution is -2.21. The van der Waals surface area contributed by atoms with Crippen LogP contribution in [0.5, 0.6) is 0 Å². The number of H-pyrrole nitrogens is 1. The Bertz CT molecular complexity index is 1100. The minimum absolute atomic E-state index is 0.100. The van der Waals surface area contributed by atoms with Crippen LogP contribution in [0.1, 0.15) is 10.4 Å². The molecule has 0 aliphatic carbocycles. The number of rotatable bonds is 2. The summed E-state index contributed by atoms with van der Waals surface area (Å²) >= 11 is 7.25. The lowest BCUT2D eigenvalue weighted by Gasteiger charge is -2.02. The van der Waals surface area contributed by atoms with Gasteiger partial charge >= 0.3 is 5.69 Å². The predicted molar refractivity (Wildman–Crippen MR) is 84.0 cm³/mol. The van der Waals surface area contributed by atoms with Crippen LogP contribution < -0.4 is 11.0 Å². The van der Waals surface area contributed by atoms with Gasteiger partial charge in [0.1, 0.15) is 4.83 Å². The van der Waals surface area contributed by atoms with E-state index in [2.05, 4.69) is 30.9 Å². The quantitative estimate of drug-likeness (QED) is 0.564. The van der Waals surface area contributed by atoms with Crippen LogP contribution in [0.2, 0.25) is 5.02 Å². The van der Waals surface area contributed by atoms with Crippen molar-refractivity contribution in [2.45, 2.75) is 0 Å². The third-order valence-corrected chi connectivity index (χ3v) is 4.50. The van der Waals surface area contributed by atoms with Crippen LogP contribution in [0.25, 0.3) is 15.0 Å². The Morgan fingerprint density at radius 1 is 1.39 bits per heavy atom. The van der Waals surface area contributed by atoms with Crippen molar-refractivity contribution in [3.63, 3.8) is 0 Å². The molecule has 0 saturated heterocycles. The summed E-state index contributed by atoms with van der Waals surface area (Å²) in [4.78, 5) is 28.7. The number of carbonyl (C=O) groups excluding carboxylic acids is 1. The topological polar surface area (TPSA) is 118 Å². The number of aromatic amines is 1. The number of hydrogen-bond donors (Lipinski definition) is 2. The number of fused-ring (bicyclic) bond motifs is 3. The number of halogens is 1. The van der Waals surface area contributed by atoms with E-state index in [-0.39, 0.29) is 11.5 Å². The zero-order chi connectivity index (χ0) is 16.0. The molecule has 1 aromatic carbocycles. The molecule has 23 heavy (non-hydrogen) atoms. The van der Waals surface area contributed by atoms with Crippen molar-refractivity contribution in [1.29, 1.82) is 0 Å². The predicted octanol–water partition coefficient (Wildman–Crippen LogP) is 1.33. The molecule has 4 rings (SSSR count). The van der Waals surface area contributed by atoms with E-state index in [1.165, 1.54) is 21.9 Å². The number of anilines is 1. The molecule has 0 unspecified atom stereocenters. The SMILES string of the molecule is O=C(Nc1nnn[nH]1)c1cnc(=O)n2c1sc1cc(Cl)ccc12. The molecule has 0 atom stereocenters. The van der Waals surface area contributed by atoms with Gasteiger partial charge in [0.2, 0.25) is 5.95 Å². The minimum atomic E-state index is -0.480. The summed E-state index contributed by atoms with van der Waals surface area (Å²) in [6.07, 6.45) is 1.23. The summed E-state index contributed by atoms with van der Waals surface area (Å²) < 4.78 is 2.15. The first kappa shape index (κ1) is 13.8. The summed E-state index contributed by atoms with van der Waals surface area (Å²) in [5.74, 6) is -0.380. The Morgan fingerprint density at radius 3 is 3.04 bits per heavy atom. The summed E-state index contributed by atoms with van der Waals surface area (Å²) in [5, 5.41) is 15.8. The Labute approximate surface area is 135 Å². The molecule has 0 bridgehead atoms. The van der Waals surface area contributed by atoms with E-state index in [0.717, 1.165) is 4.70 Å². The van der Waals surface area contributed by atoms with Crippen molar-refractivity contribution in [3.8, 4) is 0 Å². The van der Waals surface area contributed by atoms with Crippen molar-refractivity contribution in [3.05, 3.63) is 45.5 Å². The molecule has 3 heterocycles. The Balaban J connectivity index is 1.94. The number of hydrogen-bond acceptors (Lipinski definition) is 7. The second-order valence-corrected chi connectivity index (χ2v) is 5.98. The van der Waals surface area contributed by atoms with E-state index in [9.17, 15) is 9.59 Å². The fraction of sp³-hybridized carbons (Fsp3) is 0. The fourth-order valence-corrected chi connectivity index (χ4v) is 3.57. The van der Waals surface area contributed by atoms with Crippen molar-refractivity contribution in [2.24, 2.45) is 0 Å². The van der Waals surface area contributed by atoms with Gasteiger partial charge in [0.05, 0.1) is 15.8 Å². The van der Waals surface area contributed by atoms with Gasteiger partial charge in [0, 0.05) is 11.2 Å². The number of thiazole rings is 1. The zero-order valence-corrected chi connectivity index (χ0v) is 12.7. The van der Waals surface area contributed by atoms with Crippen molar-refractivity contribution < 1.29 is 4.79 Å². The van der Waals surface area contributed by atoms with Gasteiger partial charge in [-0.1, -0.05) is 16.7 Å². The van der Waals surface area contributed by atoms with Crippen LogP contribution in [-0.4, -0.2) is 35.9 Å². The molecular weight excluding hydrogens is 342 g/mol. The summed E-state index contributed by atoms with van der Waals surface area (Å²) in [5.41, 5.74) is 0.410. The molecule has 1 amide bonds. The first-order chi connectivity index (χ1) is 11.1. The minimum Gasteiger partial charge on any atom is -0.289 e. The van der Waals surface area contributed by atoms with Gasteiger partial charge in [-0.05, 0) is 28.6 Å². The highest BCUT2D eigenvalue weighted by Crippen LogP contribution is 2.29. The molecule has 114 valence electrons. The molecule has 0 radical (unpaired) electrons. The van der Waals surface area contributed by atoms with Gasteiger partial charge in [-0.25, -0.2) is 19.3 Å². The van der Waals surface area contributed by atoms with Gasteiger partial charge in [-0.2, -0.15) is 0 Å². The van der Waals surface area contributed by atoms with Crippen LogP contribution >= 0.6 is 22.9 Å². The second-order valence-electron chi connectivity index (χ2n) is 4.51. The van der Waals surface area contributed by atoms with Crippen LogP contribution in [0.4, 0.5) is 5.95 Å². The molecular formula is C12H6ClN7O2S. The van der Waals surface area contributed by atoms with Crippen molar-refractivity contribution >= 4 is 49.8 Å². The smallest absolute Gasteiger partial charge is 0.289 e. The van der Waals surface area contributed by atoms with E-state index in [1.807, 2.05) is 0 Å². The van der Waals surface area contributed by atoms with Crippen LogP contribution in [0.15, 0.2) is 29.2 Å². The van der Waals surface area contributed by atoms with Crippen LogP contribution in [-0.2, 0) is 0 Å². The molecule has 4 aromatic rings. The maximum atomic E-state index is 12.4. The van der Waals surface area contributed by atoms with Gasteiger partial charge in [-0.15, -0.1) is 11.3 Å². The molecule has 0 aliphatic rings. The highest BCUT2D eigenvalue weighted by atomic mass is 35.5. The molecule has 0 aliphatic heterocycles. The first-order valence-electron chi connectivity index (χ1n) is 6.28. The molecule has 0 fully saturated rings. The molecule has 9 nitrogen and oxygen atoms in total. The second kappa shape index (κ2) is 5.11. The Kier molecular flexibility index (Phi) is 3.06. The van der Waals surface area contributed by atoms with Crippen LogP contribution in [0, 0.1) is 0 Å². The lowest BCUT2D eigenvalue weighted by atomic mass is 10.3. The van der Waals surface area contributed by atoms with Gasteiger partial charge in [0.15, 0.2) is 0 Å². The highest BCUT2D eigenvalue weighted by molar-refractivity contribution is 7.24. The number of carbonyl (C=O) groups is 1. The number of amides is 1. The van der Waals surface area contributed by atoms with Gasteiger partial charge < -0.3 is 0 Å². The number of benzene rings is 1. The number of nitrogens with zero attached hydrogens (tertiary/aromatic N) is 5. The zero-order valence-electron chi connectivity index (χ0n) is 11.1. The summed E-state index contributed by atoms with van der Waals surface area (Å²) in [7, 11) is 0. The highest BCUT2D eigenvalue weighted by Gasteiger charge is 2.18. The van der Waals surface area contributed by atoms with Gasteiger partial charge in [0.25, 0.3) is 5.91 Å². The Morgan fingerprint density at radius 2 is 2.26 bits per heavy atom. The molecule has 0 spiro atoms. The fourth-order valence-electron chi connectivity index (χ4n) is 2.15. The molecule has 2 N–H and O–H groups in total. The molecule has 0 saturated carbocycles. The van der Waals surface area contributed by atoms with E-state index in [4.69, 9.17) is 11.6 Å². The number of aromatic nitrogens is 6. The molecule has 3 aromatic heterocycles. The summed E-state index contributed by atoms with van der Waals surface area (Å²) in [6.45, 7) is 0. The number of tetrazole rings is 1. The monoisotopic (exact) mass is 347 g/mol. The largest absolute Gasteiger partial charge is 0.353 e. The van der Waals surface area contributed by atoms with E-state index in [1.54, 1.807) is 18.2 Å². The van der Waals surface area contributed by atoms with Crippen LogP contribution in [0.3, 0.4) is 0 Å². The lowest BCUT2D eigenvalue weighted by molar-refractivity contribution is 0.102. The molecule has 11 heteroatoms. The number of nitrogens with one attached hydrogen (secondary N) is 2. The van der Waals surface area contributed by atoms with E-state index in [0.29, 0.717) is 15.4 Å². The third kappa shape index (κ3) is 2.24. The Hall–Kier alpha value is -2.85. The maximum Gasteiger partial charge on any atom is 0.353 e.